The standard InChI is InChI=1S/C24H17FN2O4/c25-12-4-5-18(26-10-12)13-2-1-3-14-15(13)8-16-20-9-21(28)17(24(29)30)11-27(20)19-6-7-31-23(19)22(14)16/h1-5,9-11,19,23H,6-8H2,(H,29,30)/t19-,23+/m1/s1. The van der Waals surface area contributed by atoms with E-state index in [1.54, 1.807) is 6.07 Å². The van der Waals surface area contributed by atoms with Crippen molar-refractivity contribution in [2.75, 3.05) is 6.61 Å². The second-order valence-corrected chi connectivity index (χ2v) is 8.06. The van der Waals surface area contributed by atoms with Gasteiger partial charge in [0.2, 0.25) is 0 Å². The molecular weight excluding hydrogens is 399 g/mol. The average Bonchev–Trinajstić information content (AvgIpc) is 3.38. The summed E-state index contributed by atoms with van der Waals surface area (Å²) >= 11 is 0. The van der Waals surface area contributed by atoms with Crippen LogP contribution < -0.4 is 5.43 Å². The summed E-state index contributed by atoms with van der Waals surface area (Å²) in [6, 6.07) is 10.4. The normalized spacial score (nSPS) is 20.8. The van der Waals surface area contributed by atoms with Crippen LogP contribution in [0, 0.1) is 5.82 Å². The van der Waals surface area contributed by atoms with Gasteiger partial charge in [-0.1, -0.05) is 18.2 Å². The number of hydrogen-bond donors (Lipinski definition) is 1. The predicted octanol–water partition coefficient (Wildman–Crippen LogP) is 3.56. The fourth-order valence-electron chi connectivity index (χ4n) is 5.16. The largest absolute Gasteiger partial charge is 0.477 e. The Kier molecular flexibility index (Phi) is 3.79. The maximum absolute atomic E-state index is 13.4. The monoisotopic (exact) mass is 416 g/mol. The molecule has 1 fully saturated rings. The van der Waals surface area contributed by atoms with E-state index in [1.165, 1.54) is 24.5 Å². The zero-order valence-electron chi connectivity index (χ0n) is 16.3. The molecule has 0 radical (unpaired) electrons. The van der Waals surface area contributed by atoms with Gasteiger partial charge in [0.05, 0.1) is 17.9 Å². The number of carboxylic acids is 1. The summed E-state index contributed by atoms with van der Waals surface area (Å²) in [5.74, 6) is -1.62. The minimum absolute atomic E-state index is 0.0639. The quantitative estimate of drug-likeness (QED) is 0.691. The first-order valence-electron chi connectivity index (χ1n) is 10.1. The number of aromatic nitrogens is 2. The van der Waals surface area contributed by atoms with E-state index < -0.39 is 17.2 Å². The van der Waals surface area contributed by atoms with Crippen molar-refractivity contribution in [3.63, 3.8) is 0 Å². The van der Waals surface area contributed by atoms with Crippen molar-refractivity contribution < 1.29 is 19.0 Å². The second kappa shape index (κ2) is 6.46. The van der Waals surface area contributed by atoms with Crippen LogP contribution >= 0.6 is 0 Å². The van der Waals surface area contributed by atoms with E-state index in [4.69, 9.17) is 4.74 Å². The van der Waals surface area contributed by atoms with Gasteiger partial charge < -0.3 is 14.4 Å². The van der Waals surface area contributed by atoms with Gasteiger partial charge in [-0.25, -0.2) is 9.18 Å². The van der Waals surface area contributed by atoms with Crippen molar-refractivity contribution in [1.29, 1.82) is 0 Å². The lowest BCUT2D eigenvalue weighted by Crippen LogP contribution is -2.31. The molecule has 2 aromatic heterocycles. The Morgan fingerprint density at radius 1 is 1.23 bits per heavy atom. The van der Waals surface area contributed by atoms with E-state index in [2.05, 4.69) is 4.98 Å². The third-order valence-corrected chi connectivity index (χ3v) is 6.47. The number of ether oxygens (including phenoxy) is 1. The Labute approximate surface area is 176 Å². The van der Waals surface area contributed by atoms with Gasteiger partial charge in [0.25, 0.3) is 0 Å². The lowest BCUT2D eigenvalue weighted by atomic mass is 9.89. The topological polar surface area (TPSA) is 81.4 Å². The number of carbonyl (C=O) groups is 1. The lowest BCUT2D eigenvalue weighted by Gasteiger charge is -2.32. The zero-order chi connectivity index (χ0) is 21.3. The summed E-state index contributed by atoms with van der Waals surface area (Å²) in [6.45, 7) is 0.564. The number of rotatable bonds is 2. The van der Waals surface area contributed by atoms with E-state index in [0.717, 1.165) is 40.0 Å². The summed E-state index contributed by atoms with van der Waals surface area (Å²) in [4.78, 5) is 28.3. The Morgan fingerprint density at radius 2 is 2.06 bits per heavy atom. The van der Waals surface area contributed by atoms with Gasteiger partial charge in [-0.05, 0) is 40.8 Å². The van der Waals surface area contributed by atoms with Gasteiger partial charge in [0.1, 0.15) is 17.5 Å². The zero-order valence-corrected chi connectivity index (χ0v) is 16.3. The molecule has 1 aromatic carbocycles. The minimum atomic E-state index is -1.23. The SMILES string of the molecule is O=C(O)c1cn2c(cc1=O)C1=C(c3cccc(-c4ccc(F)cn4)c3C1)[C@H]1OCC[C@H]12. The van der Waals surface area contributed by atoms with Crippen LogP contribution in [0.4, 0.5) is 4.39 Å². The molecule has 2 aliphatic heterocycles. The van der Waals surface area contributed by atoms with Crippen LogP contribution in [0.15, 0.2) is 53.6 Å². The molecule has 6 nitrogen and oxygen atoms in total. The van der Waals surface area contributed by atoms with E-state index >= 15 is 0 Å². The summed E-state index contributed by atoms with van der Waals surface area (Å²) in [5.41, 5.74) is 5.75. The molecule has 1 N–H and O–H groups in total. The van der Waals surface area contributed by atoms with Crippen LogP contribution in [0.5, 0.6) is 0 Å². The van der Waals surface area contributed by atoms with Crippen molar-refractivity contribution in [3.05, 3.63) is 87.2 Å². The van der Waals surface area contributed by atoms with Gasteiger partial charge >= 0.3 is 5.97 Å². The molecule has 4 heterocycles. The first kappa shape index (κ1) is 18.2. The number of benzene rings is 1. The van der Waals surface area contributed by atoms with E-state index in [9.17, 15) is 19.1 Å². The molecule has 0 spiro atoms. The van der Waals surface area contributed by atoms with Crippen LogP contribution in [0.1, 0.15) is 39.6 Å². The molecule has 1 aliphatic carbocycles. The summed E-state index contributed by atoms with van der Waals surface area (Å²) < 4.78 is 21.4. The second-order valence-electron chi connectivity index (χ2n) is 8.06. The number of hydrogen-bond acceptors (Lipinski definition) is 4. The maximum Gasteiger partial charge on any atom is 0.341 e. The molecule has 3 aromatic rings. The molecule has 2 atom stereocenters. The number of nitrogens with zero attached hydrogens (tertiary/aromatic N) is 2. The summed E-state index contributed by atoms with van der Waals surface area (Å²) in [5, 5.41) is 9.43. The molecule has 1 saturated heterocycles. The van der Waals surface area contributed by atoms with E-state index in [0.29, 0.717) is 18.7 Å². The van der Waals surface area contributed by atoms with Crippen molar-refractivity contribution in [3.8, 4) is 11.3 Å². The molecule has 7 heteroatoms. The Morgan fingerprint density at radius 3 is 2.84 bits per heavy atom. The molecule has 31 heavy (non-hydrogen) atoms. The Balaban J connectivity index is 1.56. The third-order valence-electron chi connectivity index (χ3n) is 6.47. The Bertz CT molecular complexity index is 1360. The third kappa shape index (κ3) is 2.56. The molecule has 0 bridgehead atoms. The summed E-state index contributed by atoms with van der Waals surface area (Å²) in [6.07, 6.45) is 3.77. The number of pyridine rings is 2. The Hall–Kier alpha value is -3.58. The molecule has 154 valence electrons. The molecule has 0 amide bonds. The highest BCUT2D eigenvalue weighted by Crippen LogP contribution is 2.51. The fraction of sp³-hybridized carbons (Fsp3) is 0.208. The molecular formula is C24H17FN2O4. The van der Waals surface area contributed by atoms with Gasteiger partial charge in [0.15, 0.2) is 5.43 Å². The molecule has 6 rings (SSSR count). The average molecular weight is 416 g/mol. The van der Waals surface area contributed by atoms with Crippen LogP contribution in [0.3, 0.4) is 0 Å². The maximum atomic E-state index is 13.4. The van der Waals surface area contributed by atoms with Crippen LogP contribution in [0.2, 0.25) is 0 Å². The first-order valence-corrected chi connectivity index (χ1v) is 10.1. The lowest BCUT2D eigenvalue weighted by molar-refractivity contribution is 0.0693. The fourth-order valence-corrected chi connectivity index (χ4v) is 5.16. The smallest absolute Gasteiger partial charge is 0.341 e. The number of halogens is 1. The molecule has 3 aliphatic rings. The highest BCUT2D eigenvalue weighted by atomic mass is 19.1. The van der Waals surface area contributed by atoms with Crippen molar-refractivity contribution >= 4 is 17.1 Å². The number of fused-ring (bicyclic) bond motifs is 7. The number of allylic oxidation sites excluding steroid dienone is 1. The highest BCUT2D eigenvalue weighted by Gasteiger charge is 2.43. The van der Waals surface area contributed by atoms with Crippen LogP contribution in [-0.2, 0) is 11.2 Å². The van der Waals surface area contributed by atoms with E-state index in [1.807, 2.05) is 22.8 Å². The van der Waals surface area contributed by atoms with Crippen LogP contribution in [0.25, 0.3) is 22.4 Å². The predicted molar refractivity (Wildman–Crippen MR) is 111 cm³/mol. The van der Waals surface area contributed by atoms with Gasteiger partial charge in [-0.15, -0.1) is 0 Å². The van der Waals surface area contributed by atoms with Gasteiger partial charge in [-0.3, -0.25) is 9.78 Å². The minimum Gasteiger partial charge on any atom is -0.477 e. The highest BCUT2D eigenvalue weighted by molar-refractivity contribution is 6.01. The van der Waals surface area contributed by atoms with Gasteiger partial charge in [-0.2, -0.15) is 0 Å². The number of aromatic carboxylic acids is 1. The van der Waals surface area contributed by atoms with Crippen LogP contribution in [-0.4, -0.2) is 33.3 Å². The summed E-state index contributed by atoms with van der Waals surface area (Å²) in [7, 11) is 0. The number of carboxylic acid groups (broad SMARTS) is 1. The molecule has 0 unspecified atom stereocenters. The van der Waals surface area contributed by atoms with Gasteiger partial charge in [0, 0.05) is 36.5 Å². The first-order chi connectivity index (χ1) is 15.0. The van der Waals surface area contributed by atoms with E-state index in [-0.39, 0.29) is 17.7 Å². The molecule has 0 saturated carbocycles. The van der Waals surface area contributed by atoms with Crippen molar-refractivity contribution in [2.45, 2.75) is 25.0 Å². The van der Waals surface area contributed by atoms with Crippen molar-refractivity contribution in [2.24, 2.45) is 0 Å². The van der Waals surface area contributed by atoms with Crippen molar-refractivity contribution in [1.82, 2.24) is 9.55 Å².